The fraction of sp³-hybridized carbons (Fsp3) is 0.462. The van der Waals surface area contributed by atoms with E-state index in [-0.39, 0.29) is 18.4 Å². The monoisotopic (exact) mass is 456 g/mol. The van der Waals surface area contributed by atoms with Crippen LogP contribution in [0.1, 0.15) is 32.8 Å². The molecule has 0 radical (unpaired) electrons. The number of hydrogen-bond donors (Lipinski definition) is 1. The summed E-state index contributed by atoms with van der Waals surface area (Å²) in [6.07, 6.45) is 1.16. The van der Waals surface area contributed by atoms with E-state index in [0.717, 1.165) is 5.56 Å². The Morgan fingerprint density at radius 3 is 2.12 bits per heavy atom. The fourth-order valence-corrected chi connectivity index (χ4v) is 3.41. The van der Waals surface area contributed by atoms with E-state index in [1.54, 1.807) is 37.3 Å². The molecule has 180 valence electrons. The predicted octanol–water partition coefficient (Wildman–Crippen LogP) is 3.70. The number of carbonyl (C=O) groups excluding carboxylic acids is 2. The number of hydrogen-bond acceptors (Lipinski definition) is 5. The van der Waals surface area contributed by atoms with Crippen LogP contribution in [0.4, 0.5) is 0 Å². The Labute approximate surface area is 197 Å². The third-order valence-electron chi connectivity index (χ3n) is 5.24. The number of amides is 2. The van der Waals surface area contributed by atoms with E-state index in [1.165, 1.54) is 0 Å². The highest BCUT2D eigenvalue weighted by molar-refractivity contribution is 5.88. The van der Waals surface area contributed by atoms with Gasteiger partial charge in [-0.15, -0.1) is 0 Å². The molecule has 0 saturated carbocycles. The molecule has 0 bridgehead atoms. The third kappa shape index (κ3) is 8.33. The van der Waals surface area contributed by atoms with Gasteiger partial charge >= 0.3 is 0 Å². The molecule has 1 atom stereocenters. The lowest BCUT2D eigenvalue weighted by atomic mass is 10.1. The number of ether oxygens (including phenoxy) is 3. The first kappa shape index (κ1) is 26.0. The summed E-state index contributed by atoms with van der Waals surface area (Å²) < 4.78 is 16.3. The zero-order chi connectivity index (χ0) is 24.2. The van der Waals surface area contributed by atoms with Crippen molar-refractivity contribution in [3.63, 3.8) is 0 Å². The lowest BCUT2D eigenvalue weighted by Gasteiger charge is -2.30. The Morgan fingerprint density at radius 2 is 1.58 bits per heavy atom. The molecule has 2 rings (SSSR count). The molecule has 0 saturated heterocycles. The minimum absolute atomic E-state index is 0.143. The number of nitrogens with one attached hydrogen (secondary N) is 1. The Hall–Kier alpha value is -3.22. The van der Waals surface area contributed by atoms with Crippen LogP contribution in [0.3, 0.4) is 0 Å². The van der Waals surface area contributed by atoms with Crippen molar-refractivity contribution in [1.29, 1.82) is 0 Å². The van der Waals surface area contributed by atoms with Crippen molar-refractivity contribution < 1.29 is 23.8 Å². The number of methoxy groups -OCH3 is 2. The van der Waals surface area contributed by atoms with Crippen LogP contribution in [-0.4, -0.2) is 56.7 Å². The SMILES string of the molecule is CC[C@H](C(=O)NCC(C)C)N(CCc1ccccc1)C(=O)COc1cc(OC)cc(OC)c1. The molecule has 7 nitrogen and oxygen atoms in total. The molecule has 0 aromatic heterocycles. The van der Waals surface area contributed by atoms with Crippen molar-refractivity contribution in [2.24, 2.45) is 5.92 Å². The molecule has 0 fully saturated rings. The second kappa shape index (κ2) is 13.4. The molecule has 7 heteroatoms. The number of carbonyl (C=O) groups is 2. The lowest BCUT2D eigenvalue weighted by Crippen LogP contribution is -2.51. The van der Waals surface area contributed by atoms with Gasteiger partial charge in [0.2, 0.25) is 5.91 Å². The molecule has 0 aliphatic rings. The fourth-order valence-electron chi connectivity index (χ4n) is 3.41. The number of nitrogens with zero attached hydrogens (tertiary/aromatic N) is 1. The standard InChI is InChI=1S/C26H36N2O5/c1-6-24(26(30)27-17-19(2)3)28(13-12-20-10-8-7-9-11-20)25(29)18-33-23-15-21(31-4)14-22(16-23)32-5/h7-11,14-16,19,24H,6,12-13,17-18H2,1-5H3,(H,27,30)/t24-/m1/s1. The van der Waals surface area contributed by atoms with Crippen LogP contribution in [0, 0.1) is 5.92 Å². The highest BCUT2D eigenvalue weighted by atomic mass is 16.5. The van der Waals surface area contributed by atoms with Gasteiger partial charge in [-0.05, 0) is 24.3 Å². The summed E-state index contributed by atoms with van der Waals surface area (Å²) in [7, 11) is 3.10. The van der Waals surface area contributed by atoms with Gasteiger partial charge in [-0.25, -0.2) is 0 Å². The van der Waals surface area contributed by atoms with Crippen molar-refractivity contribution in [1.82, 2.24) is 10.2 Å². The van der Waals surface area contributed by atoms with Gasteiger partial charge in [0.05, 0.1) is 14.2 Å². The third-order valence-corrected chi connectivity index (χ3v) is 5.24. The Kier molecular flexibility index (Phi) is 10.5. The molecule has 0 spiro atoms. The largest absolute Gasteiger partial charge is 0.496 e. The molecule has 33 heavy (non-hydrogen) atoms. The Balaban J connectivity index is 2.16. The van der Waals surface area contributed by atoms with Crippen LogP contribution in [0.2, 0.25) is 0 Å². The minimum Gasteiger partial charge on any atom is -0.496 e. The van der Waals surface area contributed by atoms with Gasteiger partial charge in [-0.3, -0.25) is 9.59 Å². The second-order valence-corrected chi connectivity index (χ2v) is 8.22. The second-order valence-electron chi connectivity index (χ2n) is 8.22. The summed E-state index contributed by atoms with van der Waals surface area (Å²) in [4.78, 5) is 27.8. The molecule has 0 aliphatic carbocycles. The lowest BCUT2D eigenvalue weighted by molar-refractivity contribution is -0.142. The Morgan fingerprint density at radius 1 is 0.970 bits per heavy atom. The van der Waals surface area contributed by atoms with Gasteiger partial charge in [-0.2, -0.15) is 0 Å². The van der Waals surface area contributed by atoms with Gasteiger partial charge < -0.3 is 24.4 Å². The van der Waals surface area contributed by atoms with Gasteiger partial charge in [0.15, 0.2) is 6.61 Å². The average Bonchev–Trinajstić information content (AvgIpc) is 2.83. The maximum absolute atomic E-state index is 13.2. The van der Waals surface area contributed by atoms with E-state index >= 15 is 0 Å². The van der Waals surface area contributed by atoms with E-state index in [9.17, 15) is 9.59 Å². The first-order chi connectivity index (χ1) is 15.9. The first-order valence-corrected chi connectivity index (χ1v) is 11.3. The normalized spacial score (nSPS) is 11.6. The van der Waals surface area contributed by atoms with Crippen LogP contribution in [0.15, 0.2) is 48.5 Å². The minimum atomic E-state index is -0.566. The summed E-state index contributed by atoms with van der Waals surface area (Å²) in [5.41, 5.74) is 1.10. The van der Waals surface area contributed by atoms with E-state index in [0.29, 0.717) is 49.1 Å². The number of rotatable bonds is 13. The first-order valence-electron chi connectivity index (χ1n) is 11.3. The molecule has 1 N–H and O–H groups in total. The molecular formula is C26H36N2O5. The summed E-state index contributed by atoms with van der Waals surface area (Å²) in [5.74, 6) is 1.52. The highest BCUT2D eigenvalue weighted by Crippen LogP contribution is 2.27. The molecule has 2 aromatic rings. The maximum Gasteiger partial charge on any atom is 0.261 e. The quantitative estimate of drug-likeness (QED) is 0.497. The van der Waals surface area contributed by atoms with Crippen LogP contribution < -0.4 is 19.5 Å². The molecule has 0 heterocycles. The zero-order valence-corrected chi connectivity index (χ0v) is 20.3. The summed E-state index contributed by atoms with van der Waals surface area (Å²) in [6, 6.07) is 14.5. The summed E-state index contributed by atoms with van der Waals surface area (Å²) >= 11 is 0. The van der Waals surface area contributed by atoms with Crippen LogP contribution in [-0.2, 0) is 16.0 Å². The van der Waals surface area contributed by atoms with E-state index < -0.39 is 6.04 Å². The van der Waals surface area contributed by atoms with Gasteiger partial charge in [0.25, 0.3) is 5.91 Å². The van der Waals surface area contributed by atoms with Gasteiger partial charge in [0.1, 0.15) is 23.3 Å². The van der Waals surface area contributed by atoms with Crippen molar-refractivity contribution >= 4 is 11.8 Å². The van der Waals surface area contributed by atoms with Crippen molar-refractivity contribution in [3.05, 3.63) is 54.1 Å². The summed E-state index contributed by atoms with van der Waals surface area (Å²) in [5, 5.41) is 2.96. The zero-order valence-electron chi connectivity index (χ0n) is 20.3. The smallest absolute Gasteiger partial charge is 0.261 e. The van der Waals surface area contributed by atoms with Crippen LogP contribution in [0.25, 0.3) is 0 Å². The van der Waals surface area contributed by atoms with Crippen molar-refractivity contribution in [2.75, 3.05) is 33.9 Å². The van der Waals surface area contributed by atoms with Crippen molar-refractivity contribution in [2.45, 2.75) is 39.7 Å². The number of benzene rings is 2. The van der Waals surface area contributed by atoms with Crippen LogP contribution in [0.5, 0.6) is 17.2 Å². The molecule has 0 unspecified atom stereocenters. The van der Waals surface area contributed by atoms with Gasteiger partial charge in [0, 0.05) is 31.3 Å². The maximum atomic E-state index is 13.2. The van der Waals surface area contributed by atoms with E-state index in [1.807, 2.05) is 51.1 Å². The predicted molar refractivity (Wildman–Crippen MR) is 129 cm³/mol. The van der Waals surface area contributed by atoms with Crippen LogP contribution >= 0.6 is 0 Å². The summed E-state index contributed by atoms with van der Waals surface area (Å²) in [6.45, 7) is 6.78. The molecule has 2 amide bonds. The topological polar surface area (TPSA) is 77.1 Å². The molecule has 2 aromatic carbocycles. The molecular weight excluding hydrogens is 420 g/mol. The van der Waals surface area contributed by atoms with E-state index in [4.69, 9.17) is 14.2 Å². The van der Waals surface area contributed by atoms with Gasteiger partial charge in [-0.1, -0.05) is 51.1 Å². The average molecular weight is 457 g/mol. The Bertz CT molecular complexity index is 863. The highest BCUT2D eigenvalue weighted by Gasteiger charge is 2.28. The van der Waals surface area contributed by atoms with Crippen molar-refractivity contribution in [3.8, 4) is 17.2 Å². The molecule has 0 aliphatic heterocycles. The van der Waals surface area contributed by atoms with E-state index in [2.05, 4.69) is 5.32 Å².